The van der Waals surface area contributed by atoms with Gasteiger partial charge in [0.2, 0.25) is 0 Å². The molecule has 1 saturated carbocycles. The Bertz CT molecular complexity index is 470. The number of carbonyl (C=O) groups is 1. The van der Waals surface area contributed by atoms with Crippen LogP contribution in [-0.4, -0.2) is 37.0 Å². The van der Waals surface area contributed by atoms with Crippen LogP contribution >= 0.6 is 15.9 Å². The van der Waals surface area contributed by atoms with Gasteiger partial charge in [0.1, 0.15) is 0 Å². The summed E-state index contributed by atoms with van der Waals surface area (Å²) < 4.78 is 0.941. The fourth-order valence-corrected chi connectivity index (χ4v) is 3.17. The SMILES string of the molecule is Cc1ccc(Br)cc1C(=O)NCCN(C)C1CCCC1. The van der Waals surface area contributed by atoms with Crippen LogP contribution in [0.3, 0.4) is 0 Å². The molecule has 0 aromatic heterocycles. The van der Waals surface area contributed by atoms with Gasteiger partial charge in [-0.05, 0) is 44.5 Å². The second-order valence-electron chi connectivity index (χ2n) is 5.63. The average Bonchev–Trinajstić information content (AvgIpc) is 2.95. The number of benzene rings is 1. The molecule has 1 aromatic rings. The Morgan fingerprint density at radius 1 is 1.40 bits per heavy atom. The summed E-state index contributed by atoms with van der Waals surface area (Å²) in [5.41, 5.74) is 1.76. The van der Waals surface area contributed by atoms with Gasteiger partial charge in [-0.15, -0.1) is 0 Å². The summed E-state index contributed by atoms with van der Waals surface area (Å²) in [6.07, 6.45) is 5.29. The third-order valence-electron chi connectivity index (χ3n) is 4.14. The van der Waals surface area contributed by atoms with E-state index >= 15 is 0 Å². The molecule has 0 unspecified atom stereocenters. The average molecular weight is 339 g/mol. The van der Waals surface area contributed by atoms with Gasteiger partial charge in [-0.3, -0.25) is 4.79 Å². The number of hydrogen-bond donors (Lipinski definition) is 1. The predicted molar refractivity (Wildman–Crippen MR) is 86.1 cm³/mol. The molecule has 0 aliphatic heterocycles. The van der Waals surface area contributed by atoms with Crippen molar-refractivity contribution in [3.8, 4) is 0 Å². The number of rotatable bonds is 5. The lowest BCUT2D eigenvalue weighted by Gasteiger charge is -2.24. The summed E-state index contributed by atoms with van der Waals surface area (Å²) in [5.74, 6) is 0.0172. The lowest BCUT2D eigenvalue weighted by molar-refractivity contribution is 0.0946. The van der Waals surface area contributed by atoms with Crippen LogP contribution in [0.5, 0.6) is 0 Å². The monoisotopic (exact) mass is 338 g/mol. The molecular formula is C16H23BrN2O. The van der Waals surface area contributed by atoms with Crippen LogP contribution in [0.4, 0.5) is 0 Å². The highest BCUT2D eigenvalue weighted by atomic mass is 79.9. The Kier molecular flexibility index (Phi) is 5.61. The summed E-state index contributed by atoms with van der Waals surface area (Å²) in [6.45, 7) is 3.59. The van der Waals surface area contributed by atoms with Gasteiger partial charge in [0.15, 0.2) is 0 Å². The van der Waals surface area contributed by atoms with Gasteiger partial charge in [-0.25, -0.2) is 0 Å². The van der Waals surface area contributed by atoms with Gasteiger partial charge in [0.25, 0.3) is 5.91 Å². The molecule has 0 bridgehead atoms. The Balaban J connectivity index is 1.81. The molecule has 20 heavy (non-hydrogen) atoms. The molecule has 0 radical (unpaired) electrons. The minimum absolute atomic E-state index is 0.0172. The van der Waals surface area contributed by atoms with Crippen molar-refractivity contribution in [2.24, 2.45) is 0 Å². The first-order chi connectivity index (χ1) is 9.58. The molecular weight excluding hydrogens is 316 g/mol. The Hall–Kier alpha value is -0.870. The molecule has 3 nitrogen and oxygen atoms in total. The predicted octanol–water partition coefficient (Wildman–Crippen LogP) is 3.36. The van der Waals surface area contributed by atoms with Gasteiger partial charge >= 0.3 is 0 Å². The largest absolute Gasteiger partial charge is 0.351 e. The van der Waals surface area contributed by atoms with Gasteiger partial charge in [-0.2, -0.15) is 0 Å². The minimum Gasteiger partial charge on any atom is -0.351 e. The second-order valence-corrected chi connectivity index (χ2v) is 6.55. The van der Waals surface area contributed by atoms with E-state index in [9.17, 15) is 4.79 Å². The lowest BCUT2D eigenvalue weighted by atomic mass is 10.1. The van der Waals surface area contributed by atoms with Gasteiger partial charge in [0.05, 0.1) is 0 Å². The topological polar surface area (TPSA) is 32.3 Å². The van der Waals surface area contributed by atoms with E-state index in [-0.39, 0.29) is 5.91 Å². The minimum atomic E-state index is 0.0172. The van der Waals surface area contributed by atoms with Gasteiger partial charge in [-0.1, -0.05) is 34.8 Å². The molecule has 110 valence electrons. The van der Waals surface area contributed by atoms with Crippen molar-refractivity contribution in [2.75, 3.05) is 20.1 Å². The van der Waals surface area contributed by atoms with Crippen molar-refractivity contribution < 1.29 is 4.79 Å². The van der Waals surface area contributed by atoms with Crippen molar-refractivity contribution in [1.82, 2.24) is 10.2 Å². The van der Waals surface area contributed by atoms with Crippen LogP contribution in [0, 0.1) is 6.92 Å². The van der Waals surface area contributed by atoms with Gasteiger partial charge in [0, 0.05) is 29.2 Å². The first-order valence-corrected chi connectivity index (χ1v) is 8.12. The van der Waals surface area contributed by atoms with Crippen LogP contribution in [0.15, 0.2) is 22.7 Å². The van der Waals surface area contributed by atoms with Crippen LogP contribution < -0.4 is 5.32 Å². The fourth-order valence-electron chi connectivity index (χ4n) is 2.81. The zero-order valence-corrected chi connectivity index (χ0v) is 13.9. The molecule has 0 spiro atoms. The van der Waals surface area contributed by atoms with E-state index in [0.717, 1.165) is 22.1 Å². The Morgan fingerprint density at radius 2 is 2.10 bits per heavy atom. The molecule has 1 aliphatic rings. The number of amides is 1. The molecule has 1 aliphatic carbocycles. The highest BCUT2D eigenvalue weighted by molar-refractivity contribution is 9.10. The van der Waals surface area contributed by atoms with Crippen molar-refractivity contribution in [3.05, 3.63) is 33.8 Å². The quantitative estimate of drug-likeness (QED) is 0.892. The maximum Gasteiger partial charge on any atom is 0.251 e. The van der Waals surface area contributed by atoms with Crippen LogP contribution in [0.2, 0.25) is 0 Å². The number of nitrogens with zero attached hydrogens (tertiary/aromatic N) is 1. The second kappa shape index (κ2) is 7.23. The number of likely N-dealkylation sites (N-methyl/N-ethyl adjacent to an activating group) is 1. The van der Waals surface area contributed by atoms with Crippen LogP contribution in [0.25, 0.3) is 0 Å². The van der Waals surface area contributed by atoms with Crippen molar-refractivity contribution in [1.29, 1.82) is 0 Å². The summed E-state index contributed by atoms with van der Waals surface area (Å²) in [5, 5.41) is 3.02. The van der Waals surface area contributed by atoms with Crippen molar-refractivity contribution in [2.45, 2.75) is 38.6 Å². The van der Waals surface area contributed by atoms with Crippen LogP contribution in [-0.2, 0) is 0 Å². The molecule has 4 heteroatoms. The zero-order valence-electron chi connectivity index (χ0n) is 12.3. The molecule has 0 saturated heterocycles. The highest BCUT2D eigenvalue weighted by Crippen LogP contribution is 2.21. The summed E-state index contributed by atoms with van der Waals surface area (Å²) >= 11 is 3.41. The van der Waals surface area contributed by atoms with Crippen molar-refractivity contribution >= 4 is 21.8 Å². The molecule has 1 aromatic carbocycles. The number of halogens is 1. The highest BCUT2D eigenvalue weighted by Gasteiger charge is 2.19. The van der Waals surface area contributed by atoms with Crippen LogP contribution in [0.1, 0.15) is 41.6 Å². The number of aryl methyl sites for hydroxylation is 1. The number of nitrogens with one attached hydrogen (secondary N) is 1. The molecule has 1 N–H and O–H groups in total. The first-order valence-electron chi connectivity index (χ1n) is 7.32. The standard InChI is InChI=1S/C16H23BrN2O/c1-12-7-8-13(17)11-15(12)16(20)18-9-10-19(2)14-5-3-4-6-14/h7-8,11,14H,3-6,9-10H2,1-2H3,(H,18,20). The van der Waals surface area contributed by atoms with E-state index < -0.39 is 0 Å². The lowest BCUT2D eigenvalue weighted by Crippen LogP contribution is -2.37. The molecule has 1 fully saturated rings. The molecule has 0 atom stereocenters. The third kappa shape index (κ3) is 4.06. The first kappa shape index (κ1) is 15.5. The number of carbonyl (C=O) groups excluding carboxylic acids is 1. The Labute approximate surface area is 129 Å². The summed E-state index contributed by atoms with van der Waals surface area (Å²) in [4.78, 5) is 14.5. The summed E-state index contributed by atoms with van der Waals surface area (Å²) in [6, 6.07) is 6.51. The Morgan fingerprint density at radius 3 is 2.80 bits per heavy atom. The normalized spacial score (nSPS) is 15.8. The maximum atomic E-state index is 12.2. The van der Waals surface area contributed by atoms with E-state index in [4.69, 9.17) is 0 Å². The smallest absolute Gasteiger partial charge is 0.251 e. The van der Waals surface area contributed by atoms with E-state index in [1.165, 1.54) is 25.7 Å². The molecule has 1 amide bonds. The van der Waals surface area contributed by atoms with Gasteiger partial charge < -0.3 is 10.2 Å². The number of hydrogen-bond acceptors (Lipinski definition) is 2. The van der Waals surface area contributed by atoms with E-state index in [1.807, 2.05) is 25.1 Å². The summed E-state index contributed by atoms with van der Waals surface area (Å²) in [7, 11) is 2.16. The van der Waals surface area contributed by atoms with E-state index in [0.29, 0.717) is 12.6 Å². The van der Waals surface area contributed by atoms with Crippen molar-refractivity contribution in [3.63, 3.8) is 0 Å². The molecule has 2 rings (SSSR count). The zero-order chi connectivity index (χ0) is 14.5. The third-order valence-corrected chi connectivity index (χ3v) is 4.64. The van der Waals surface area contributed by atoms with E-state index in [2.05, 4.69) is 33.2 Å². The molecule has 0 heterocycles. The maximum absolute atomic E-state index is 12.2. The van der Waals surface area contributed by atoms with E-state index in [1.54, 1.807) is 0 Å². The fraction of sp³-hybridized carbons (Fsp3) is 0.562.